The van der Waals surface area contributed by atoms with Crippen LogP contribution in [-0.2, 0) is 13.6 Å². The monoisotopic (exact) mass is 487 g/mol. The minimum atomic E-state index is -0.992. The third-order valence-electron chi connectivity index (χ3n) is 6.02. The number of carbonyl (C=O) groups is 2. The highest BCUT2D eigenvalue weighted by Crippen LogP contribution is 2.29. The molecule has 2 N–H and O–H groups in total. The molecule has 9 heteroatoms. The smallest absolute Gasteiger partial charge is 0.335 e. The van der Waals surface area contributed by atoms with Crippen molar-refractivity contribution in [1.82, 2.24) is 24.9 Å². The van der Waals surface area contributed by atoms with E-state index in [1.165, 1.54) is 12.1 Å². The highest BCUT2D eigenvalue weighted by Gasteiger charge is 2.21. The Hall–Kier alpha value is -4.17. The Morgan fingerprint density at radius 3 is 2.49 bits per heavy atom. The molecule has 5 rings (SSSR count). The van der Waals surface area contributed by atoms with Crippen molar-refractivity contribution < 1.29 is 14.7 Å². The second-order valence-electron chi connectivity index (χ2n) is 8.47. The van der Waals surface area contributed by atoms with Crippen LogP contribution in [0.3, 0.4) is 0 Å². The Bertz CT molecular complexity index is 1570. The first-order valence-corrected chi connectivity index (χ1v) is 11.4. The molecule has 0 radical (unpaired) electrons. The van der Waals surface area contributed by atoms with E-state index in [0.29, 0.717) is 28.2 Å². The molecule has 0 bridgehead atoms. The van der Waals surface area contributed by atoms with Gasteiger partial charge < -0.3 is 10.4 Å². The Balaban J connectivity index is 1.54. The molecule has 35 heavy (non-hydrogen) atoms. The summed E-state index contributed by atoms with van der Waals surface area (Å²) in [5.41, 5.74) is 3.88. The van der Waals surface area contributed by atoms with Crippen LogP contribution in [0.15, 0.2) is 67.0 Å². The zero-order valence-electron chi connectivity index (χ0n) is 19.1. The van der Waals surface area contributed by atoms with Gasteiger partial charge in [-0.1, -0.05) is 35.9 Å². The van der Waals surface area contributed by atoms with Gasteiger partial charge in [-0.3, -0.25) is 14.2 Å². The number of nitrogens with one attached hydrogen (secondary N) is 1. The largest absolute Gasteiger partial charge is 0.478 e. The lowest BCUT2D eigenvalue weighted by Crippen LogP contribution is -2.27. The van der Waals surface area contributed by atoms with E-state index in [9.17, 15) is 9.59 Å². The van der Waals surface area contributed by atoms with E-state index in [1.54, 1.807) is 29.1 Å². The normalized spacial score (nSPS) is 12.2. The fourth-order valence-corrected chi connectivity index (χ4v) is 4.35. The summed E-state index contributed by atoms with van der Waals surface area (Å²) in [4.78, 5) is 24.7. The lowest BCUT2D eigenvalue weighted by molar-refractivity contribution is 0.0696. The van der Waals surface area contributed by atoms with Gasteiger partial charge in [-0.2, -0.15) is 10.2 Å². The molecule has 0 aliphatic carbocycles. The maximum Gasteiger partial charge on any atom is 0.335 e. The number of fused-ring (bicyclic) bond motifs is 3. The lowest BCUT2D eigenvalue weighted by atomic mass is 10.0. The molecular weight excluding hydrogens is 466 g/mol. The maximum absolute atomic E-state index is 13.5. The molecule has 0 aliphatic heterocycles. The van der Waals surface area contributed by atoms with Gasteiger partial charge in [0.1, 0.15) is 0 Å². The van der Waals surface area contributed by atoms with E-state index in [0.717, 1.165) is 21.9 Å². The van der Waals surface area contributed by atoms with Crippen LogP contribution in [0, 0.1) is 0 Å². The number of carboxylic acids is 1. The van der Waals surface area contributed by atoms with Crippen molar-refractivity contribution in [3.8, 4) is 0 Å². The molecule has 5 aromatic rings. The number of aromatic carboxylic acids is 1. The van der Waals surface area contributed by atoms with Crippen LogP contribution in [0.2, 0.25) is 5.02 Å². The standard InChI is InChI=1S/C26H22ClN5O3/c1-15(17-5-7-18(8-6-17)26(34)35)29-25(33)20-11-23-22(14-31(2)30-23)21-12-28-32(24(20)21)13-16-3-9-19(27)10-4-16/h3-12,14-15H,13H2,1-2H3,(H,29,33)(H,34,35)/t15-/m0/s1. The number of halogens is 1. The number of aromatic nitrogens is 4. The maximum atomic E-state index is 13.5. The van der Waals surface area contributed by atoms with Crippen molar-refractivity contribution in [2.24, 2.45) is 7.05 Å². The number of nitrogens with zero attached hydrogens (tertiary/aromatic N) is 4. The van der Waals surface area contributed by atoms with Crippen LogP contribution in [0.5, 0.6) is 0 Å². The first kappa shape index (κ1) is 22.6. The number of aryl methyl sites for hydroxylation is 1. The van der Waals surface area contributed by atoms with Crippen molar-refractivity contribution in [2.45, 2.75) is 19.5 Å². The zero-order chi connectivity index (χ0) is 24.7. The summed E-state index contributed by atoms with van der Waals surface area (Å²) in [6, 6.07) is 15.4. The molecule has 3 aromatic carbocycles. The van der Waals surface area contributed by atoms with E-state index in [-0.39, 0.29) is 17.5 Å². The summed E-state index contributed by atoms with van der Waals surface area (Å²) in [5, 5.41) is 23.7. The highest BCUT2D eigenvalue weighted by molar-refractivity contribution is 6.30. The van der Waals surface area contributed by atoms with Crippen molar-refractivity contribution in [3.05, 3.63) is 94.3 Å². The third-order valence-corrected chi connectivity index (χ3v) is 6.27. The molecule has 0 saturated heterocycles. The topological polar surface area (TPSA) is 102 Å². The molecule has 0 spiro atoms. The van der Waals surface area contributed by atoms with E-state index >= 15 is 0 Å². The number of carboxylic acid groups (broad SMARTS) is 1. The summed E-state index contributed by atoms with van der Waals surface area (Å²) < 4.78 is 3.53. The Kier molecular flexibility index (Phi) is 5.74. The second-order valence-corrected chi connectivity index (χ2v) is 8.91. The van der Waals surface area contributed by atoms with Gasteiger partial charge >= 0.3 is 5.97 Å². The summed E-state index contributed by atoms with van der Waals surface area (Å²) in [5.74, 6) is -1.26. The molecule has 0 fully saturated rings. The van der Waals surface area contributed by atoms with Gasteiger partial charge in [-0.25, -0.2) is 4.79 Å². The van der Waals surface area contributed by atoms with Gasteiger partial charge in [0, 0.05) is 29.0 Å². The summed E-state index contributed by atoms with van der Waals surface area (Å²) in [7, 11) is 1.84. The number of carbonyl (C=O) groups excluding carboxylic acids is 1. The SMILES string of the molecule is C[C@H](NC(=O)c1cc2nn(C)cc2c2cnn(Cc3ccc(Cl)cc3)c12)c1ccc(C(=O)O)cc1. The number of amides is 1. The minimum absolute atomic E-state index is 0.195. The van der Waals surface area contributed by atoms with Crippen molar-refractivity contribution in [3.63, 3.8) is 0 Å². The minimum Gasteiger partial charge on any atom is -0.478 e. The fourth-order valence-electron chi connectivity index (χ4n) is 4.22. The van der Waals surface area contributed by atoms with Gasteiger partial charge in [-0.15, -0.1) is 0 Å². The Morgan fingerprint density at radius 1 is 1.09 bits per heavy atom. The van der Waals surface area contributed by atoms with E-state index in [2.05, 4.69) is 15.5 Å². The predicted molar refractivity (Wildman–Crippen MR) is 134 cm³/mol. The van der Waals surface area contributed by atoms with E-state index < -0.39 is 5.97 Å². The fraction of sp³-hybridized carbons (Fsp3) is 0.154. The van der Waals surface area contributed by atoms with Gasteiger partial charge in [0.05, 0.1) is 40.9 Å². The van der Waals surface area contributed by atoms with E-state index in [4.69, 9.17) is 16.7 Å². The summed E-state index contributed by atoms with van der Waals surface area (Å²) in [6.07, 6.45) is 3.68. The second kappa shape index (κ2) is 8.88. The summed E-state index contributed by atoms with van der Waals surface area (Å²) in [6.45, 7) is 2.33. The van der Waals surface area contributed by atoms with Crippen LogP contribution in [0.1, 0.15) is 44.8 Å². The quantitative estimate of drug-likeness (QED) is 0.357. The first-order chi connectivity index (χ1) is 16.8. The molecule has 2 heterocycles. The van der Waals surface area contributed by atoms with Crippen molar-refractivity contribution >= 4 is 45.3 Å². The molecule has 0 unspecified atom stereocenters. The predicted octanol–water partition coefficient (Wildman–Crippen LogP) is 4.81. The molecule has 1 amide bonds. The van der Waals surface area contributed by atoms with Crippen LogP contribution < -0.4 is 5.32 Å². The van der Waals surface area contributed by atoms with Crippen LogP contribution in [0.25, 0.3) is 21.8 Å². The number of hydrogen-bond acceptors (Lipinski definition) is 4. The van der Waals surface area contributed by atoms with Crippen molar-refractivity contribution in [1.29, 1.82) is 0 Å². The van der Waals surface area contributed by atoms with Crippen LogP contribution in [0.4, 0.5) is 0 Å². The molecule has 176 valence electrons. The first-order valence-electron chi connectivity index (χ1n) is 11.0. The Labute approximate surface area is 205 Å². The Morgan fingerprint density at radius 2 is 1.80 bits per heavy atom. The van der Waals surface area contributed by atoms with Gasteiger partial charge in [0.2, 0.25) is 0 Å². The summed E-state index contributed by atoms with van der Waals surface area (Å²) >= 11 is 6.03. The number of benzene rings is 3. The average Bonchev–Trinajstić information content (AvgIpc) is 3.42. The molecule has 0 aliphatic rings. The third kappa shape index (κ3) is 4.36. The molecule has 0 saturated carbocycles. The lowest BCUT2D eigenvalue weighted by Gasteiger charge is -2.16. The highest BCUT2D eigenvalue weighted by atomic mass is 35.5. The van der Waals surface area contributed by atoms with Crippen molar-refractivity contribution in [2.75, 3.05) is 0 Å². The average molecular weight is 488 g/mol. The van der Waals surface area contributed by atoms with Gasteiger partial charge in [-0.05, 0) is 48.4 Å². The van der Waals surface area contributed by atoms with Crippen LogP contribution >= 0.6 is 11.6 Å². The number of rotatable bonds is 6. The van der Waals surface area contributed by atoms with E-state index in [1.807, 2.05) is 49.1 Å². The van der Waals surface area contributed by atoms with Gasteiger partial charge in [0.25, 0.3) is 5.91 Å². The van der Waals surface area contributed by atoms with Gasteiger partial charge in [0.15, 0.2) is 0 Å². The van der Waals surface area contributed by atoms with Crippen LogP contribution in [-0.4, -0.2) is 36.5 Å². The molecule has 8 nitrogen and oxygen atoms in total. The molecular formula is C26H22ClN5O3. The molecule has 2 aromatic heterocycles. The molecule has 1 atom stereocenters. The zero-order valence-corrected chi connectivity index (χ0v) is 19.8. The number of hydrogen-bond donors (Lipinski definition) is 2.